The molecule has 4 bridgehead atoms. The van der Waals surface area contributed by atoms with Crippen molar-refractivity contribution >= 4 is 29.0 Å². The van der Waals surface area contributed by atoms with Gasteiger partial charge in [-0.1, -0.05) is 36.8 Å². The SMILES string of the molecule is Nc1nc(Nc2ccc(N3CCN(C4CC5CCC4C5)CC3)c(F)c2)nn1-c1cc(-c2ccccc2)c2c(n1)C1CCN2CC1. The molecule has 9 nitrogen and oxygen atoms in total. The Morgan fingerprint density at radius 3 is 2.38 bits per heavy atom. The second kappa shape index (κ2) is 10.7. The molecule has 0 radical (unpaired) electrons. The number of hydrogen-bond donors (Lipinski definition) is 2. The summed E-state index contributed by atoms with van der Waals surface area (Å²) in [6.07, 6.45) is 7.82. The molecule has 4 fully saturated rings. The molecule has 3 N–H and O–H groups in total. The Morgan fingerprint density at radius 1 is 0.822 bits per heavy atom. The molecule has 3 unspecified atom stereocenters. The fourth-order valence-electron chi connectivity index (χ4n) is 8.95. The van der Waals surface area contributed by atoms with Crippen LogP contribution in [0.1, 0.15) is 50.1 Å². The molecule has 2 aromatic carbocycles. The zero-order chi connectivity index (χ0) is 30.1. The number of piperidine rings is 1. The third-order valence-electron chi connectivity index (χ3n) is 11.2. The third-order valence-corrected chi connectivity index (χ3v) is 11.2. The van der Waals surface area contributed by atoms with Gasteiger partial charge in [0.1, 0.15) is 5.82 Å². The number of nitrogens with zero attached hydrogens (tertiary/aromatic N) is 7. The minimum Gasteiger partial charge on any atom is -0.370 e. The fraction of sp³-hybridized carbons (Fsp3) is 0.457. The minimum atomic E-state index is -0.241. The van der Waals surface area contributed by atoms with Crippen molar-refractivity contribution < 1.29 is 4.39 Å². The zero-order valence-electron chi connectivity index (χ0n) is 25.6. The Bertz CT molecular complexity index is 1720. The van der Waals surface area contributed by atoms with E-state index in [1.165, 1.54) is 37.4 Å². The van der Waals surface area contributed by atoms with E-state index < -0.39 is 0 Å². The summed E-state index contributed by atoms with van der Waals surface area (Å²) < 4.78 is 17.1. The van der Waals surface area contributed by atoms with E-state index in [9.17, 15) is 0 Å². The number of rotatable bonds is 6. The number of anilines is 5. The molecular formula is C35H40FN9. The van der Waals surface area contributed by atoms with Crippen LogP contribution in [0.2, 0.25) is 0 Å². The highest BCUT2D eigenvalue weighted by atomic mass is 19.1. The number of hydrogen-bond acceptors (Lipinski definition) is 8. The van der Waals surface area contributed by atoms with Gasteiger partial charge in [0.15, 0.2) is 5.82 Å². The van der Waals surface area contributed by atoms with Crippen molar-refractivity contribution in [2.24, 2.45) is 11.8 Å². The molecule has 4 aliphatic heterocycles. The Kier molecular flexibility index (Phi) is 6.47. The highest BCUT2D eigenvalue weighted by Gasteiger charge is 2.43. The van der Waals surface area contributed by atoms with Crippen molar-refractivity contribution in [3.05, 3.63) is 66.1 Å². The lowest BCUT2D eigenvalue weighted by atomic mass is 9.84. The van der Waals surface area contributed by atoms with E-state index in [-0.39, 0.29) is 11.8 Å². The molecule has 2 saturated heterocycles. The Hall–Kier alpha value is -4.18. The molecule has 0 amide bonds. The normalized spacial score (nSPS) is 24.4. The lowest BCUT2D eigenvalue weighted by Crippen LogP contribution is -2.52. The molecule has 6 aliphatic rings. The summed E-state index contributed by atoms with van der Waals surface area (Å²) in [5.41, 5.74) is 12.3. The molecule has 2 saturated carbocycles. The number of halogens is 1. The molecule has 10 rings (SSSR count). The van der Waals surface area contributed by atoms with Crippen LogP contribution in [0.25, 0.3) is 16.9 Å². The maximum atomic E-state index is 15.5. The number of fused-ring (bicyclic) bond motifs is 4. The topological polar surface area (TPSA) is 91.4 Å². The first-order valence-corrected chi connectivity index (χ1v) is 16.7. The highest BCUT2D eigenvalue weighted by molar-refractivity contribution is 5.83. The van der Waals surface area contributed by atoms with Gasteiger partial charge < -0.3 is 20.9 Å². The standard InChI is InChI=1S/C35H40FN9/c36-28-20-26(8-9-29(28)42-14-16-43(17-15-42)30-19-22-6-7-25(30)18-22)38-35-40-34(37)45(41-35)31-21-27(23-4-2-1-3-5-23)33-32(39-31)24-10-12-44(33)13-11-24/h1-5,8-9,20-22,24-25,30H,6-7,10-19H2,(H3,37,38,40,41). The maximum Gasteiger partial charge on any atom is 0.248 e. The quantitative estimate of drug-likeness (QED) is 0.285. The first-order chi connectivity index (χ1) is 22.1. The monoisotopic (exact) mass is 605 g/mol. The fourth-order valence-corrected chi connectivity index (χ4v) is 8.95. The number of benzene rings is 2. The van der Waals surface area contributed by atoms with Crippen molar-refractivity contribution in [2.75, 3.05) is 60.1 Å². The highest BCUT2D eigenvalue weighted by Crippen LogP contribution is 2.48. The largest absolute Gasteiger partial charge is 0.370 e. The van der Waals surface area contributed by atoms with Gasteiger partial charge in [0.05, 0.1) is 17.1 Å². The first kappa shape index (κ1) is 27.2. The number of piperazine rings is 1. The zero-order valence-corrected chi connectivity index (χ0v) is 25.6. The van der Waals surface area contributed by atoms with E-state index in [0.29, 0.717) is 29.1 Å². The smallest absolute Gasteiger partial charge is 0.248 e. The Labute approximate surface area is 263 Å². The van der Waals surface area contributed by atoms with Gasteiger partial charge in [-0.25, -0.2) is 9.37 Å². The summed E-state index contributed by atoms with van der Waals surface area (Å²) in [4.78, 5) is 16.9. The van der Waals surface area contributed by atoms with E-state index in [1.807, 2.05) is 18.2 Å². The predicted molar refractivity (Wildman–Crippen MR) is 176 cm³/mol. The van der Waals surface area contributed by atoms with Crippen LogP contribution in [0.15, 0.2) is 54.6 Å². The second-order valence-electron chi connectivity index (χ2n) is 13.7. The van der Waals surface area contributed by atoms with Crippen molar-refractivity contribution in [2.45, 2.75) is 50.5 Å². The average molecular weight is 606 g/mol. The van der Waals surface area contributed by atoms with Crippen LogP contribution in [0.4, 0.5) is 33.3 Å². The van der Waals surface area contributed by atoms with Crippen LogP contribution in [0, 0.1) is 17.7 Å². The first-order valence-electron chi connectivity index (χ1n) is 16.7. The van der Waals surface area contributed by atoms with Crippen LogP contribution >= 0.6 is 0 Å². The molecule has 2 aliphatic carbocycles. The third kappa shape index (κ3) is 4.72. The van der Waals surface area contributed by atoms with Crippen LogP contribution in [-0.4, -0.2) is 70.0 Å². The Morgan fingerprint density at radius 2 is 1.64 bits per heavy atom. The molecule has 0 spiro atoms. The summed E-state index contributed by atoms with van der Waals surface area (Å²) in [5, 5.41) is 7.86. The number of nitrogens with two attached hydrogens (primary N) is 1. The number of aromatic nitrogens is 4. The molecule has 2 aromatic heterocycles. The van der Waals surface area contributed by atoms with Gasteiger partial charge in [0.2, 0.25) is 11.9 Å². The van der Waals surface area contributed by atoms with Gasteiger partial charge in [-0.05, 0) is 73.8 Å². The van der Waals surface area contributed by atoms with E-state index in [0.717, 1.165) is 86.8 Å². The molecule has 4 aromatic rings. The van der Waals surface area contributed by atoms with Crippen LogP contribution in [0.3, 0.4) is 0 Å². The minimum absolute atomic E-state index is 0.232. The van der Waals surface area contributed by atoms with Crippen molar-refractivity contribution in [1.82, 2.24) is 24.6 Å². The van der Waals surface area contributed by atoms with Crippen molar-refractivity contribution in [3.8, 4) is 16.9 Å². The molecule has 3 atom stereocenters. The summed E-state index contributed by atoms with van der Waals surface area (Å²) >= 11 is 0. The molecular weight excluding hydrogens is 565 g/mol. The number of nitrogen functional groups attached to an aromatic ring is 1. The Balaban J connectivity index is 0.939. The summed E-state index contributed by atoms with van der Waals surface area (Å²) in [5.74, 6) is 3.20. The van der Waals surface area contributed by atoms with Gasteiger partial charge in [-0.2, -0.15) is 9.67 Å². The van der Waals surface area contributed by atoms with E-state index in [1.54, 1.807) is 4.68 Å². The van der Waals surface area contributed by atoms with E-state index in [4.69, 9.17) is 10.7 Å². The number of pyridine rings is 1. The summed E-state index contributed by atoms with van der Waals surface area (Å²) in [7, 11) is 0. The lowest BCUT2D eigenvalue weighted by Gasteiger charge is -2.42. The van der Waals surface area contributed by atoms with Gasteiger partial charge >= 0.3 is 0 Å². The van der Waals surface area contributed by atoms with Gasteiger partial charge in [-0.15, -0.1) is 5.10 Å². The van der Waals surface area contributed by atoms with Crippen LogP contribution in [-0.2, 0) is 0 Å². The second-order valence-corrected chi connectivity index (χ2v) is 13.7. The van der Waals surface area contributed by atoms with Crippen LogP contribution in [0.5, 0.6) is 0 Å². The lowest BCUT2D eigenvalue weighted by molar-refractivity contribution is 0.134. The van der Waals surface area contributed by atoms with Gasteiger partial charge in [-0.3, -0.25) is 4.90 Å². The van der Waals surface area contributed by atoms with Gasteiger partial charge in [0, 0.05) is 62.5 Å². The molecule has 10 heteroatoms. The predicted octanol–water partition coefficient (Wildman–Crippen LogP) is 5.80. The van der Waals surface area contributed by atoms with Crippen molar-refractivity contribution in [3.63, 3.8) is 0 Å². The van der Waals surface area contributed by atoms with E-state index >= 15 is 4.39 Å². The summed E-state index contributed by atoms with van der Waals surface area (Å²) in [6.45, 7) is 5.86. The molecule has 6 heterocycles. The maximum absolute atomic E-state index is 15.5. The average Bonchev–Trinajstić information content (AvgIpc) is 3.82. The van der Waals surface area contributed by atoms with E-state index in [2.05, 4.69) is 60.4 Å². The molecule has 45 heavy (non-hydrogen) atoms. The van der Waals surface area contributed by atoms with Crippen molar-refractivity contribution in [1.29, 1.82) is 0 Å². The molecule has 232 valence electrons. The van der Waals surface area contributed by atoms with Gasteiger partial charge in [0.25, 0.3) is 0 Å². The van der Waals surface area contributed by atoms with Crippen LogP contribution < -0.4 is 20.9 Å². The summed E-state index contributed by atoms with van der Waals surface area (Å²) in [6, 6.07) is 18.5. The number of nitrogens with one attached hydrogen (secondary N) is 1.